The maximum Gasteiger partial charge on any atom is 0.131 e. The Kier molecular flexibility index (Phi) is 5.95. The van der Waals surface area contributed by atoms with Crippen LogP contribution in [0.4, 0.5) is 0 Å². The van der Waals surface area contributed by atoms with E-state index in [4.69, 9.17) is 16.7 Å². The van der Waals surface area contributed by atoms with Crippen molar-refractivity contribution in [1.29, 1.82) is 0 Å². The van der Waals surface area contributed by atoms with Crippen LogP contribution in [0.5, 0.6) is 0 Å². The smallest absolute Gasteiger partial charge is 0.131 e. The molecule has 0 aliphatic heterocycles. The van der Waals surface area contributed by atoms with Gasteiger partial charge in [-0.3, -0.25) is 9.58 Å². The van der Waals surface area contributed by atoms with Crippen molar-refractivity contribution in [2.24, 2.45) is 7.05 Å². The van der Waals surface area contributed by atoms with E-state index in [1.807, 2.05) is 14.0 Å². The zero-order valence-corrected chi connectivity index (χ0v) is 11.7. The number of rotatable bonds is 7. The lowest BCUT2D eigenvalue weighted by Crippen LogP contribution is -2.27. The van der Waals surface area contributed by atoms with Gasteiger partial charge in [0.05, 0.1) is 12.3 Å². The summed E-state index contributed by atoms with van der Waals surface area (Å²) in [6.45, 7) is 6.75. The van der Waals surface area contributed by atoms with E-state index in [0.717, 1.165) is 37.2 Å². The first kappa shape index (κ1) is 14.5. The zero-order chi connectivity index (χ0) is 12.8. The molecule has 0 amide bonds. The molecule has 1 aromatic heterocycles. The largest absolute Gasteiger partial charge is 0.395 e. The first-order chi connectivity index (χ1) is 8.10. The Hall–Kier alpha value is -0.580. The van der Waals surface area contributed by atoms with E-state index in [1.54, 1.807) is 4.68 Å². The molecule has 0 aliphatic carbocycles. The average Bonchev–Trinajstić information content (AvgIpc) is 2.53. The fraction of sp³-hybridized carbons (Fsp3) is 0.750. The third-order valence-electron chi connectivity index (χ3n) is 2.90. The first-order valence-electron chi connectivity index (χ1n) is 6.11. The molecule has 0 fully saturated rings. The molecule has 98 valence electrons. The third-order valence-corrected chi connectivity index (χ3v) is 3.37. The lowest BCUT2D eigenvalue weighted by molar-refractivity contribution is 0.188. The standard InChI is InChI=1S/C12H22ClN3O/c1-4-5-6-16(7-8-17)9-11-10(2)14-15(3)12(11)13/h17H,4-9H2,1-3H3. The second-order valence-corrected chi connectivity index (χ2v) is 4.69. The van der Waals surface area contributed by atoms with Gasteiger partial charge in [0.15, 0.2) is 0 Å². The quantitative estimate of drug-likeness (QED) is 0.814. The number of hydrogen-bond acceptors (Lipinski definition) is 3. The molecule has 4 nitrogen and oxygen atoms in total. The number of halogens is 1. The molecule has 17 heavy (non-hydrogen) atoms. The van der Waals surface area contributed by atoms with Gasteiger partial charge in [0.2, 0.25) is 0 Å². The maximum absolute atomic E-state index is 9.06. The molecule has 0 atom stereocenters. The number of nitrogens with zero attached hydrogens (tertiary/aromatic N) is 3. The Morgan fingerprint density at radius 1 is 1.41 bits per heavy atom. The van der Waals surface area contributed by atoms with Crippen LogP contribution in [0.2, 0.25) is 5.15 Å². The van der Waals surface area contributed by atoms with E-state index in [0.29, 0.717) is 11.7 Å². The number of aliphatic hydroxyl groups excluding tert-OH is 1. The highest BCUT2D eigenvalue weighted by Gasteiger charge is 2.14. The fourth-order valence-electron chi connectivity index (χ4n) is 1.87. The molecule has 0 aliphatic rings. The lowest BCUT2D eigenvalue weighted by Gasteiger charge is -2.20. The van der Waals surface area contributed by atoms with Crippen LogP contribution in [-0.4, -0.2) is 39.5 Å². The molecule has 1 heterocycles. The van der Waals surface area contributed by atoms with Gasteiger partial charge in [0, 0.05) is 25.7 Å². The van der Waals surface area contributed by atoms with Crippen molar-refractivity contribution < 1.29 is 5.11 Å². The van der Waals surface area contributed by atoms with Gasteiger partial charge in [-0.25, -0.2) is 0 Å². The van der Waals surface area contributed by atoms with Crippen molar-refractivity contribution >= 4 is 11.6 Å². The van der Waals surface area contributed by atoms with E-state index >= 15 is 0 Å². The maximum atomic E-state index is 9.06. The van der Waals surface area contributed by atoms with Crippen LogP contribution in [0.3, 0.4) is 0 Å². The van der Waals surface area contributed by atoms with Gasteiger partial charge in [-0.1, -0.05) is 24.9 Å². The minimum absolute atomic E-state index is 0.181. The Morgan fingerprint density at radius 2 is 2.12 bits per heavy atom. The number of hydrogen-bond donors (Lipinski definition) is 1. The first-order valence-corrected chi connectivity index (χ1v) is 6.49. The van der Waals surface area contributed by atoms with Crippen molar-refractivity contribution in [2.45, 2.75) is 33.2 Å². The van der Waals surface area contributed by atoms with Crippen LogP contribution in [0.15, 0.2) is 0 Å². The summed E-state index contributed by atoms with van der Waals surface area (Å²) in [5.74, 6) is 0. The Balaban J connectivity index is 2.70. The molecule has 1 aromatic rings. The Morgan fingerprint density at radius 3 is 2.59 bits per heavy atom. The molecule has 1 N–H and O–H groups in total. The van der Waals surface area contributed by atoms with Gasteiger partial charge in [-0.15, -0.1) is 0 Å². The van der Waals surface area contributed by atoms with Crippen LogP contribution in [-0.2, 0) is 13.6 Å². The second kappa shape index (κ2) is 6.99. The van der Waals surface area contributed by atoms with E-state index in [1.165, 1.54) is 0 Å². The fourth-order valence-corrected chi connectivity index (χ4v) is 2.10. The summed E-state index contributed by atoms with van der Waals surface area (Å²) in [6, 6.07) is 0. The summed E-state index contributed by atoms with van der Waals surface area (Å²) in [5, 5.41) is 14.1. The molecular weight excluding hydrogens is 238 g/mol. The predicted molar refractivity (Wildman–Crippen MR) is 70.2 cm³/mol. The molecule has 0 bridgehead atoms. The topological polar surface area (TPSA) is 41.3 Å². The number of aryl methyl sites for hydroxylation is 2. The Bertz CT molecular complexity index is 352. The predicted octanol–water partition coefficient (Wildman–Crippen LogP) is 1.98. The van der Waals surface area contributed by atoms with Gasteiger partial charge < -0.3 is 5.11 Å². The summed E-state index contributed by atoms with van der Waals surface area (Å²) in [7, 11) is 1.85. The van der Waals surface area contributed by atoms with E-state index in [9.17, 15) is 0 Å². The van der Waals surface area contributed by atoms with Crippen molar-refractivity contribution in [1.82, 2.24) is 14.7 Å². The molecule has 0 aromatic carbocycles. The third kappa shape index (κ3) is 3.98. The summed E-state index contributed by atoms with van der Waals surface area (Å²) in [5.41, 5.74) is 2.04. The highest BCUT2D eigenvalue weighted by molar-refractivity contribution is 6.30. The molecule has 0 saturated carbocycles. The van der Waals surface area contributed by atoms with Crippen molar-refractivity contribution in [2.75, 3.05) is 19.7 Å². The summed E-state index contributed by atoms with van der Waals surface area (Å²) < 4.78 is 1.70. The summed E-state index contributed by atoms with van der Waals surface area (Å²) in [6.07, 6.45) is 2.29. The SMILES string of the molecule is CCCCN(CCO)Cc1c(C)nn(C)c1Cl. The van der Waals surface area contributed by atoms with Crippen molar-refractivity contribution in [3.8, 4) is 0 Å². The zero-order valence-electron chi connectivity index (χ0n) is 10.9. The van der Waals surface area contributed by atoms with Gasteiger partial charge in [-0.2, -0.15) is 5.10 Å². The lowest BCUT2D eigenvalue weighted by atomic mass is 10.2. The van der Waals surface area contributed by atoms with Crippen LogP contribution in [0.1, 0.15) is 31.0 Å². The monoisotopic (exact) mass is 259 g/mol. The molecule has 0 spiro atoms. The minimum atomic E-state index is 0.181. The van der Waals surface area contributed by atoms with E-state index in [-0.39, 0.29) is 6.61 Å². The van der Waals surface area contributed by atoms with Gasteiger partial charge >= 0.3 is 0 Å². The minimum Gasteiger partial charge on any atom is -0.395 e. The summed E-state index contributed by atoms with van der Waals surface area (Å²) in [4.78, 5) is 2.22. The van der Waals surface area contributed by atoms with Crippen LogP contribution in [0, 0.1) is 6.92 Å². The highest BCUT2D eigenvalue weighted by atomic mass is 35.5. The van der Waals surface area contributed by atoms with Crippen LogP contribution in [0.25, 0.3) is 0 Å². The molecule has 1 rings (SSSR count). The molecule has 0 unspecified atom stereocenters. The van der Waals surface area contributed by atoms with Crippen LogP contribution >= 0.6 is 11.6 Å². The highest BCUT2D eigenvalue weighted by Crippen LogP contribution is 2.20. The average molecular weight is 260 g/mol. The van der Waals surface area contributed by atoms with Crippen molar-refractivity contribution in [3.05, 3.63) is 16.4 Å². The number of unbranched alkanes of at least 4 members (excludes halogenated alkanes) is 1. The molecular formula is C12H22ClN3O. The second-order valence-electron chi connectivity index (χ2n) is 4.33. The van der Waals surface area contributed by atoms with E-state index in [2.05, 4.69) is 16.9 Å². The molecule has 0 saturated heterocycles. The van der Waals surface area contributed by atoms with Gasteiger partial charge in [-0.05, 0) is 19.9 Å². The molecule has 0 radical (unpaired) electrons. The van der Waals surface area contributed by atoms with E-state index < -0.39 is 0 Å². The van der Waals surface area contributed by atoms with Crippen LogP contribution < -0.4 is 0 Å². The van der Waals surface area contributed by atoms with Crippen molar-refractivity contribution in [3.63, 3.8) is 0 Å². The molecule has 5 heteroatoms. The number of aliphatic hydroxyl groups is 1. The summed E-state index contributed by atoms with van der Waals surface area (Å²) >= 11 is 6.20. The Labute approximate surface area is 108 Å². The number of aromatic nitrogens is 2. The normalized spacial score (nSPS) is 11.4. The van der Waals surface area contributed by atoms with Gasteiger partial charge in [0.1, 0.15) is 5.15 Å². The van der Waals surface area contributed by atoms with Gasteiger partial charge in [0.25, 0.3) is 0 Å².